The van der Waals surface area contributed by atoms with Crippen LogP contribution in [0.4, 0.5) is 4.39 Å². The average Bonchev–Trinajstić information content (AvgIpc) is 2.67. The summed E-state index contributed by atoms with van der Waals surface area (Å²) in [6, 6.07) is 10.8. The van der Waals surface area contributed by atoms with Crippen molar-refractivity contribution < 1.29 is 23.4 Å². The second-order valence-corrected chi connectivity index (χ2v) is 5.49. The van der Waals surface area contributed by atoms with E-state index >= 15 is 0 Å². The Kier molecular flexibility index (Phi) is 7.02. The number of likely N-dealkylation sites (N-methyl/N-ethyl adjacent to an activating group) is 1. The van der Waals surface area contributed by atoms with E-state index in [1.165, 1.54) is 19.2 Å². The standard InChI is InChI=1S/C20H22FNO4/c1-4-12-26-18-10-5-15(14-19(18)24-3)20(23)22(2)11-13-25-17-8-6-16(21)7-9-17/h4-10,14H,1,11-13H2,2-3H3. The number of hydrogen-bond donors (Lipinski definition) is 0. The van der Waals surface area contributed by atoms with Crippen LogP contribution in [0.3, 0.4) is 0 Å². The van der Waals surface area contributed by atoms with Crippen LogP contribution in [0, 0.1) is 5.82 Å². The number of carbonyl (C=O) groups excluding carboxylic acids is 1. The van der Waals surface area contributed by atoms with Gasteiger partial charge in [-0.15, -0.1) is 0 Å². The van der Waals surface area contributed by atoms with Gasteiger partial charge in [0.15, 0.2) is 11.5 Å². The minimum atomic E-state index is -0.320. The molecule has 0 aromatic heterocycles. The highest BCUT2D eigenvalue weighted by atomic mass is 19.1. The number of ether oxygens (including phenoxy) is 3. The van der Waals surface area contributed by atoms with Crippen molar-refractivity contribution in [3.8, 4) is 17.2 Å². The number of amides is 1. The fourth-order valence-corrected chi connectivity index (χ4v) is 2.22. The van der Waals surface area contributed by atoms with Crippen LogP contribution in [-0.2, 0) is 0 Å². The third kappa shape index (κ3) is 5.24. The molecule has 5 nitrogen and oxygen atoms in total. The molecule has 6 heteroatoms. The predicted octanol–water partition coefficient (Wildman–Crippen LogP) is 3.55. The van der Waals surface area contributed by atoms with E-state index in [1.54, 1.807) is 48.4 Å². The Morgan fingerprint density at radius 1 is 1.15 bits per heavy atom. The zero-order valence-electron chi connectivity index (χ0n) is 14.9. The van der Waals surface area contributed by atoms with Crippen LogP contribution in [0.1, 0.15) is 10.4 Å². The first kappa shape index (κ1) is 19.3. The van der Waals surface area contributed by atoms with Crippen molar-refractivity contribution in [2.45, 2.75) is 0 Å². The molecule has 0 saturated heterocycles. The van der Waals surface area contributed by atoms with Gasteiger partial charge in [-0.25, -0.2) is 4.39 Å². The minimum Gasteiger partial charge on any atom is -0.493 e. The van der Waals surface area contributed by atoms with E-state index in [-0.39, 0.29) is 11.7 Å². The molecule has 2 aromatic carbocycles. The quantitative estimate of drug-likeness (QED) is 0.643. The van der Waals surface area contributed by atoms with E-state index in [1.807, 2.05) is 0 Å². The van der Waals surface area contributed by atoms with E-state index in [2.05, 4.69) is 6.58 Å². The molecule has 26 heavy (non-hydrogen) atoms. The molecule has 0 radical (unpaired) electrons. The fraction of sp³-hybridized carbons (Fsp3) is 0.250. The first-order valence-electron chi connectivity index (χ1n) is 8.10. The zero-order chi connectivity index (χ0) is 18.9. The number of carbonyl (C=O) groups is 1. The summed E-state index contributed by atoms with van der Waals surface area (Å²) in [5, 5.41) is 0. The molecule has 0 atom stereocenters. The maximum atomic E-state index is 12.9. The van der Waals surface area contributed by atoms with Crippen LogP contribution in [0.2, 0.25) is 0 Å². The summed E-state index contributed by atoms with van der Waals surface area (Å²) < 4.78 is 29.1. The lowest BCUT2D eigenvalue weighted by Gasteiger charge is -2.18. The number of rotatable bonds is 9. The molecule has 0 aliphatic heterocycles. The van der Waals surface area contributed by atoms with Crippen molar-refractivity contribution in [2.24, 2.45) is 0 Å². The summed E-state index contributed by atoms with van der Waals surface area (Å²) in [5.74, 6) is 1.10. The fourth-order valence-electron chi connectivity index (χ4n) is 2.22. The Bertz CT molecular complexity index is 746. The summed E-state index contributed by atoms with van der Waals surface area (Å²) in [6.07, 6.45) is 1.63. The lowest BCUT2D eigenvalue weighted by Crippen LogP contribution is -2.30. The maximum absolute atomic E-state index is 12.9. The van der Waals surface area contributed by atoms with E-state index in [9.17, 15) is 9.18 Å². The van der Waals surface area contributed by atoms with Crippen molar-refractivity contribution in [2.75, 3.05) is 33.9 Å². The van der Waals surface area contributed by atoms with Crippen LogP contribution < -0.4 is 14.2 Å². The van der Waals surface area contributed by atoms with Crippen LogP contribution in [-0.4, -0.2) is 44.7 Å². The first-order chi connectivity index (χ1) is 12.5. The van der Waals surface area contributed by atoms with Gasteiger partial charge in [0, 0.05) is 12.6 Å². The first-order valence-corrected chi connectivity index (χ1v) is 8.10. The van der Waals surface area contributed by atoms with E-state index in [4.69, 9.17) is 14.2 Å². The van der Waals surface area contributed by atoms with Gasteiger partial charge in [0.1, 0.15) is 24.8 Å². The van der Waals surface area contributed by atoms with E-state index in [0.717, 1.165) is 0 Å². The largest absolute Gasteiger partial charge is 0.493 e. The van der Waals surface area contributed by atoms with Crippen molar-refractivity contribution in [3.05, 3.63) is 66.5 Å². The smallest absolute Gasteiger partial charge is 0.253 e. The predicted molar refractivity (Wildman–Crippen MR) is 97.5 cm³/mol. The van der Waals surface area contributed by atoms with E-state index in [0.29, 0.717) is 42.6 Å². The third-order valence-electron chi connectivity index (χ3n) is 3.62. The lowest BCUT2D eigenvalue weighted by atomic mass is 10.1. The van der Waals surface area contributed by atoms with E-state index < -0.39 is 0 Å². The van der Waals surface area contributed by atoms with Gasteiger partial charge in [-0.05, 0) is 42.5 Å². The number of halogens is 1. The number of hydrogen-bond acceptors (Lipinski definition) is 4. The highest BCUT2D eigenvalue weighted by Crippen LogP contribution is 2.28. The Balaban J connectivity index is 1.94. The highest BCUT2D eigenvalue weighted by molar-refractivity contribution is 5.94. The zero-order valence-corrected chi connectivity index (χ0v) is 14.9. The van der Waals surface area contributed by atoms with Gasteiger partial charge >= 0.3 is 0 Å². The molecular weight excluding hydrogens is 337 g/mol. The van der Waals surface area contributed by atoms with Gasteiger partial charge < -0.3 is 19.1 Å². The summed E-state index contributed by atoms with van der Waals surface area (Å²) in [5.41, 5.74) is 0.483. The van der Waals surface area contributed by atoms with Gasteiger partial charge in [0.2, 0.25) is 0 Å². The Morgan fingerprint density at radius 2 is 1.88 bits per heavy atom. The van der Waals surface area contributed by atoms with Crippen LogP contribution in [0.25, 0.3) is 0 Å². The van der Waals surface area contributed by atoms with Gasteiger partial charge in [-0.2, -0.15) is 0 Å². The second-order valence-electron chi connectivity index (χ2n) is 5.49. The summed E-state index contributed by atoms with van der Waals surface area (Å²) in [4.78, 5) is 14.1. The topological polar surface area (TPSA) is 48.0 Å². The van der Waals surface area contributed by atoms with Gasteiger partial charge in [0.05, 0.1) is 13.7 Å². The molecule has 0 heterocycles. The van der Waals surface area contributed by atoms with Crippen LogP contribution in [0.5, 0.6) is 17.2 Å². The molecular formula is C20H22FNO4. The van der Waals surface area contributed by atoms with Crippen molar-refractivity contribution >= 4 is 5.91 Å². The SMILES string of the molecule is C=CCOc1ccc(C(=O)N(C)CCOc2ccc(F)cc2)cc1OC. The molecule has 0 fully saturated rings. The summed E-state index contributed by atoms with van der Waals surface area (Å²) in [7, 11) is 3.20. The summed E-state index contributed by atoms with van der Waals surface area (Å²) in [6.45, 7) is 4.63. The molecule has 1 amide bonds. The Hall–Kier alpha value is -3.02. The Labute approximate surface area is 152 Å². The molecule has 0 aliphatic carbocycles. The second kappa shape index (κ2) is 9.46. The molecule has 0 spiro atoms. The highest BCUT2D eigenvalue weighted by Gasteiger charge is 2.15. The van der Waals surface area contributed by atoms with Gasteiger partial charge in [-0.3, -0.25) is 4.79 Å². The Morgan fingerprint density at radius 3 is 2.54 bits per heavy atom. The molecule has 138 valence electrons. The maximum Gasteiger partial charge on any atom is 0.253 e. The van der Waals surface area contributed by atoms with Gasteiger partial charge in [0.25, 0.3) is 5.91 Å². The summed E-state index contributed by atoms with van der Waals surface area (Å²) >= 11 is 0. The number of benzene rings is 2. The monoisotopic (exact) mass is 359 g/mol. The molecule has 2 rings (SSSR count). The van der Waals surface area contributed by atoms with Gasteiger partial charge in [-0.1, -0.05) is 12.7 Å². The lowest BCUT2D eigenvalue weighted by molar-refractivity contribution is 0.0773. The van der Waals surface area contributed by atoms with Crippen molar-refractivity contribution in [3.63, 3.8) is 0 Å². The third-order valence-corrected chi connectivity index (χ3v) is 3.62. The minimum absolute atomic E-state index is 0.165. The molecule has 0 aliphatic rings. The number of methoxy groups -OCH3 is 1. The van der Waals surface area contributed by atoms with Crippen LogP contribution in [0.15, 0.2) is 55.1 Å². The molecule has 0 saturated carbocycles. The molecule has 2 aromatic rings. The van der Waals surface area contributed by atoms with Crippen molar-refractivity contribution in [1.29, 1.82) is 0 Å². The molecule has 0 N–H and O–H groups in total. The molecule has 0 unspecified atom stereocenters. The van der Waals surface area contributed by atoms with Crippen LogP contribution >= 0.6 is 0 Å². The number of nitrogens with zero attached hydrogens (tertiary/aromatic N) is 1. The normalized spacial score (nSPS) is 10.1. The van der Waals surface area contributed by atoms with Crippen molar-refractivity contribution in [1.82, 2.24) is 4.90 Å². The molecule has 0 bridgehead atoms. The average molecular weight is 359 g/mol.